The van der Waals surface area contributed by atoms with Crippen molar-refractivity contribution in [2.45, 2.75) is 55.4 Å². The van der Waals surface area contributed by atoms with Crippen LogP contribution in [0.1, 0.15) is 44.5 Å². The summed E-state index contributed by atoms with van der Waals surface area (Å²) in [6.07, 6.45) is 5.56. The fraction of sp³-hybridized carbons (Fsp3) is 0.231. The van der Waals surface area contributed by atoms with Gasteiger partial charge in [0, 0.05) is 62.8 Å². The number of para-hydroxylation sites is 2. The van der Waals surface area contributed by atoms with Gasteiger partial charge < -0.3 is 30.0 Å². The van der Waals surface area contributed by atoms with Gasteiger partial charge in [0.25, 0.3) is 0 Å². The first-order chi connectivity index (χ1) is 29.7. The van der Waals surface area contributed by atoms with E-state index in [0.717, 1.165) is 0 Å². The summed E-state index contributed by atoms with van der Waals surface area (Å²) < 4.78 is 0. The minimum absolute atomic E-state index is 0. The largest absolute Gasteiger partial charge is 1.00 e. The quantitative estimate of drug-likeness (QED) is 0.111. The van der Waals surface area contributed by atoms with Crippen molar-refractivity contribution in [3.05, 3.63) is 191 Å². The summed E-state index contributed by atoms with van der Waals surface area (Å²) in [5, 5.41) is 22.0. The Bertz CT molecular complexity index is 2220. The molecule has 0 aliphatic rings. The Morgan fingerprint density at radius 1 is 0.375 bits per heavy atom. The Balaban J connectivity index is 0.000000271. The second-order valence-electron chi connectivity index (χ2n) is 16.0. The van der Waals surface area contributed by atoms with Crippen molar-refractivity contribution in [1.82, 2.24) is 30.4 Å². The SMILES string of the molecule is Cc1cc(C)cc(P(c2cc(C)cc(C)c2)c2ccccc2N(C)C)c1.Cc1cc(C)cc(P(c2cc(C)cc(C)c2)c2ccccc2N(C)C)c1.[Cu+].[Cu+].c1nc[n-]n1.c1nc[n-]n1. The molecule has 0 spiro atoms. The van der Waals surface area contributed by atoms with Gasteiger partial charge in [-0.1, -0.05) is 166 Å². The van der Waals surface area contributed by atoms with Gasteiger partial charge in [0.2, 0.25) is 0 Å². The van der Waals surface area contributed by atoms with Crippen LogP contribution >= 0.6 is 15.8 Å². The summed E-state index contributed by atoms with van der Waals surface area (Å²) in [6.45, 7) is 17.6. The van der Waals surface area contributed by atoms with Gasteiger partial charge in [0.1, 0.15) is 0 Å². The second kappa shape index (κ2) is 26.2. The van der Waals surface area contributed by atoms with E-state index in [1.165, 1.54) is 113 Å². The Kier molecular flexibility index (Phi) is 21.8. The summed E-state index contributed by atoms with van der Waals surface area (Å²) in [7, 11) is 7.33. The Labute approximate surface area is 405 Å². The zero-order chi connectivity index (χ0) is 44.8. The first-order valence-electron chi connectivity index (χ1n) is 20.6. The van der Waals surface area contributed by atoms with E-state index < -0.39 is 15.8 Å². The van der Waals surface area contributed by atoms with E-state index in [0.29, 0.717) is 0 Å². The van der Waals surface area contributed by atoms with Gasteiger partial charge in [-0.25, -0.2) is 0 Å². The van der Waals surface area contributed by atoms with Crippen molar-refractivity contribution in [3.63, 3.8) is 0 Å². The van der Waals surface area contributed by atoms with Crippen molar-refractivity contribution >= 4 is 59.0 Å². The Morgan fingerprint density at radius 3 is 0.812 bits per heavy atom. The van der Waals surface area contributed by atoms with Crippen molar-refractivity contribution in [2.24, 2.45) is 0 Å². The molecule has 6 aromatic carbocycles. The molecule has 0 atom stereocenters. The maximum absolute atomic E-state index is 3.50. The monoisotopic (exact) mass is 984 g/mol. The van der Waals surface area contributed by atoms with Crippen LogP contribution in [-0.4, -0.2) is 48.4 Å². The molecule has 2 heterocycles. The molecule has 2 aromatic heterocycles. The third-order valence-electron chi connectivity index (χ3n) is 9.67. The predicted octanol–water partition coefficient (Wildman–Crippen LogP) is 8.35. The molecule has 340 valence electrons. The second-order valence-corrected chi connectivity index (χ2v) is 20.4. The molecule has 0 saturated carbocycles. The first kappa shape index (κ1) is 53.4. The molecule has 8 nitrogen and oxygen atoms in total. The summed E-state index contributed by atoms with van der Waals surface area (Å²) in [5.74, 6) is 0. The van der Waals surface area contributed by atoms with Crippen LogP contribution in [0.2, 0.25) is 0 Å². The fourth-order valence-electron chi connectivity index (χ4n) is 7.53. The molecule has 0 unspecified atom stereocenters. The number of benzene rings is 6. The summed E-state index contributed by atoms with van der Waals surface area (Å²) in [5.41, 5.74) is 13.3. The maximum atomic E-state index is 3.50. The molecule has 0 N–H and O–H groups in total. The summed E-state index contributed by atoms with van der Waals surface area (Å²) in [4.78, 5) is 11.5. The summed E-state index contributed by atoms with van der Waals surface area (Å²) in [6, 6.07) is 45.6. The van der Waals surface area contributed by atoms with Crippen LogP contribution < -0.4 is 51.8 Å². The molecule has 0 fully saturated rings. The number of nitrogens with zero attached hydrogens (tertiary/aromatic N) is 8. The van der Waals surface area contributed by atoms with Crippen LogP contribution in [0.4, 0.5) is 11.4 Å². The van der Waals surface area contributed by atoms with Gasteiger partial charge in [-0.15, -0.1) is 0 Å². The third kappa shape index (κ3) is 15.7. The van der Waals surface area contributed by atoms with Crippen LogP contribution in [0.15, 0.2) is 147 Å². The van der Waals surface area contributed by atoms with E-state index in [2.05, 4.69) is 245 Å². The van der Waals surface area contributed by atoms with Gasteiger partial charge in [-0.05, 0) is 105 Å². The Hall–Kier alpha value is -4.90. The average Bonchev–Trinajstić information content (AvgIpc) is 3.99. The van der Waals surface area contributed by atoms with Crippen LogP contribution in [0.5, 0.6) is 0 Å². The number of hydrogen-bond donors (Lipinski definition) is 0. The van der Waals surface area contributed by atoms with Gasteiger partial charge in [-0.2, -0.15) is 0 Å². The van der Waals surface area contributed by atoms with E-state index in [1.807, 2.05) is 0 Å². The molecular formula is C52H60Cu2N8P2. The van der Waals surface area contributed by atoms with E-state index in [9.17, 15) is 0 Å². The molecule has 0 saturated heterocycles. The fourth-order valence-corrected chi connectivity index (χ4v) is 13.4. The van der Waals surface area contributed by atoms with Crippen LogP contribution in [0.25, 0.3) is 0 Å². The molecule has 0 aliphatic heterocycles. The van der Waals surface area contributed by atoms with Crippen molar-refractivity contribution in [2.75, 3.05) is 38.0 Å². The number of hydrogen-bond acceptors (Lipinski definition) is 6. The normalized spacial score (nSPS) is 10.2. The number of aromatic nitrogens is 6. The van der Waals surface area contributed by atoms with Gasteiger partial charge in [0.15, 0.2) is 0 Å². The zero-order valence-electron chi connectivity index (χ0n) is 38.9. The van der Waals surface area contributed by atoms with Crippen LogP contribution in [0.3, 0.4) is 0 Å². The first-order valence-corrected chi connectivity index (χ1v) is 23.3. The number of rotatable bonds is 8. The molecule has 8 aromatic rings. The summed E-state index contributed by atoms with van der Waals surface area (Å²) >= 11 is 0. The number of aryl methyl sites for hydroxylation is 8. The molecule has 0 amide bonds. The van der Waals surface area contributed by atoms with Gasteiger partial charge >= 0.3 is 34.1 Å². The third-order valence-corrected chi connectivity index (χ3v) is 14.5. The smallest absolute Gasteiger partial charge is 0.432 e. The predicted molar refractivity (Wildman–Crippen MR) is 268 cm³/mol. The van der Waals surface area contributed by atoms with E-state index in [-0.39, 0.29) is 34.1 Å². The standard InChI is InChI=1S/2C24H28NP.2C2H2N3.2Cu/c2*1-17-11-18(2)14-21(13-17)26(22-15-19(3)12-20(4)16-22)24-10-8-7-9-23(24)25(5)6;2*1-3-2-5-4-1;;/h2*7-16H,1-6H3;2*1-2H;;/q;;2*-1;2*+1. The molecule has 12 heteroatoms. The van der Waals surface area contributed by atoms with Gasteiger partial charge in [0.05, 0.1) is 0 Å². The molecule has 0 radical (unpaired) electrons. The molecular weight excluding hydrogens is 926 g/mol. The average molecular weight is 986 g/mol. The minimum Gasteiger partial charge on any atom is -0.432 e. The topological polar surface area (TPSA) is 86.2 Å². The zero-order valence-corrected chi connectivity index (χ0v) is 42.6. The molecule has 0 aliphatic carbocycles. The van der Waals surface area contributed by atoms with Crippen molar-refractivity contribution in [1.29, 1.82) is 0 Å². The number of anilines is 2. The van der Waals surface area contributed by atoms with Gasteiger partial charge in [-0.3, -0.25) is 10.2 Å². The Morgan fingerprint density at radius 2 is 0.625 bits per heavy atom. The molecule has 64 heavy (non-hydrogen) atoms. The van der Waals surface area contributed by atoms with Crippen LogP contribution in [-0.2, 0) is 34.1 Å². The molecule has 0 bridgehead atoms. The molecule has 8 rings (SSSR count). The maximum Gasteiger partial charge on any atom is 1.00 e. The minimum atomic E-state index is -0.606. The van der Waals surface area contributed by atoms with Crippen molar-refractivity contribution < 1.29 is 34.1 Å². The van der Waals surface area contributed by atoms with E-state index in [4.69, 9.17) is 0 Å². The van der Waals surface area contributed by atoms with Crippen molar-refractivity contribution in [3.8, 4) is 0 Å². The van der Waals surface area contributed by atoms with E-state index in [1.54, 1.807) is 0 Å². The van der Waals surface area contributed by atoms with E-state index >= 15 is 0 Å². The van der Waals surface area contributed by atoms with Crippen LogP contribution in [0, 0.1) is 55.4 Å².